The Morgan fingerprint density at radius 1 is 1.15 bits per heavy atom. The fourth-order valence-electron chi connectivity index (χ4n) is 2.17. The second-order valence-corrected chi connectivity index (χ2v) is 4.80. The van der Waals surface area contributed by atoms with Gasteiger partial charge in [0.05, 0.1) is 6.61 Å². The molecule has 1 unspecified atom stereocenters. The topological polar surface area (TPSA) is 21.3 Å². The zero-order valence-corrected chi connectivity index (χ0v) is 11.9. The van der Waals surface area contributed by atoms with E-state index in [1.54, 1.807) is 6.07 Å². The Labute approximate surface area is 119 Å². The summed E-state index contributed by atoms with van der Waals surface area (Å²) in [6.07, 6.45) is 0.644. The zero-order valence-electron chi connectivity index (χ0n) is 11.9. The number of anilines is 1. The van der Waals surface area contributed by atoms with E-state index in [1.807, 2.05) is 50.2 Å². The predicted molar refractivity (Wildman–Crippen MR) is 80.8 cm³/mol. The Morgan fingerprint density at radius 3 is 2.70 bits per heavy atom. The number of hydrogen-bond acceptors (Lipinski definition) is 2. The normalized spacial score (nSPS) is 11.9. The Balaban J connectivity index is 1.99. The molecule has 0 fully saturated rings. The minimum atomic E-state index is -0.149. The molecule has 20 heavy (non-hydrogen) atoms. The van der Waals surface area contributed by atoms with Gasteiger partial charge in [0, 0.05) is 17.8 Å². The third-order valence-corrected chi connectivity index (χ3v) is 3.04. The molecule has 0 saturated carbocycles. The summed E-state index contributed by atoms with van der Waals surface area (Å²) in [4.78, 5) is 0. The van der Waals surface area contributed by atoms with Crippen LogP contribution in [0.25, 0.3) is 0 Å². The lowest BCUT2D eigenvalue weighted by molar-refractivity contribution is 0.340. The summed E-state index contributed by atoms with van der Waals surface area (Å²) in [5.74, 6) is 0.694. The van der Waals surface area contributed by atoms with E-state index in [9.17, 15) is 4.39 Å². The first kappa shape index (κ1) is 14.4. The number of rotatable bonds is 6. The maximum atomic E-state index is 13.6. The molecule has 3 heteroatoms. The summed E-state index contributed by atoms with van der Waals surface area (Å²) in [5.41, 5.74) is 1.72. The Kier molecular flexibility index (Phi) is 4.99. The molecule has 2 rings (SSSR count). The predicted octanol–water partition coefficient (Wildman–Crippen LogP) is 4.27. The summed E-state index contributed by atoms with van der Waals surface area (Å²) in [6.45, 7) is 4.65. The average molecular weight is 273 g/mol. The SMILES string of the molecule is CCOc1cccc(NC(C)Cc2ccccc2F)c1. The lowest BCUT2D eigenvalue weighted by Crippen LogP contribution is -2.18. The molecule has 0 spiro atoms. The molecule has 0 aliphatic rings. The van der Waals surface area contributed by atoms with Gasteiger partial charge in [0.25, 0.3) is 0 Å². The molecule has 0 heterocycles. The quantitative estimate of drug-likeness (QED) is 0.848. The van der Waals surface area contributed by atoms with E-state index < -0.39 is 0 Å². The van der Waals surface area contributed by atoms with Crippen LogP contribution in [0.4, 0.5) is 10.1 Å². The largest absolute Gasteiger partial charge is 0.494 e. The van der Waals surface area contributed by atoms with Crippen LogP contribution in [0.3, 0.4) is 0 Å². The van der Waals surface area contributed by atoms with Gasteiger partial charge in [-0.3, -0.25) is 0 Å². The van der Waals surface area contributed by atoms with Crippen molar-refractivity contribution in [2.24, 2.45) is 0 Å². The first-order valence-corrected chi connectivity index (χ1v) is 6.92. The fourth-order valence-corrected chi connectivity index (χ4v) is 2.17. The van der Waals surface area contributed by atoms with Gasteiger partial charge in [0.1, 0.15) is 11.6 Å². The molecule has 0 bridgehead atoms. The highest BCUT2D eigenvalue weighted by atomic mass is 19.1. The lowest BCUT2D eigenvalue weighted by Gasteiger charge is -2.16. The van der Waals surface area contributed by atoms with Crippen molar-refractivity contribution in [3.8, 4) is 5.75 Å². The van der Waals surface area contributed by atoms with Crippen LogP contribution in [0.5, 0.6) is 5.75 Å². The maximum absolute atomic E-state index is 13.6. The van der Waals surface area contributed by atoms with Crippen LogP contribution in [0.1, 0.15) is 19.4 Å². The van der Waals surface area contributed by atoms with E-state index >= 15 is 0 Å². The van der Waals surface area contributed by atoms with Crippen LogP contribution in [0.2, 0.25) is 0 Å². The van der Waals surface area contributed by atoms with Gasteiger partial charge in [0.2, 0.25) is 0 Å². The summed E-state index contributed by atoms with van der Waals surface area (Å²) in [6, 6.07) is 14.9. The molecule has 0 aromatic heterocycles. The third kappa shape index (κ3) is 3.98. The summed E-state index contributed by atoms with van der Waals surface area (Å²) in [5, 5.41) is 3.37. The first-order valence-electron chi connectivity index (χ1n) is 6.92. The van der Waals surface area contributed by atoms with Crippen molar-refractivity contribution in [3.05, 3.63) is 59.9 Å². The molecular formula is C17H20FNO. The molecule has 0 aliphatic heterocycles. The number of halogens is 1. The highest BCUT2D eigenvalue weighted by molar-refractivity contribution is 5.49. The van der Waals surface area contributed by atoms with Crippen LogP contribution in [-0.4, -0.2) is 12.6 Å². The standard InChI is InChI=1S/C17H20FNO/c1-3-20-16-9-6-8-15(12-16)19-13(2)11-14-7-4-5-10-17(14)18/h4-10,12-13,19H,3,11H2,1-2H3. The second-order valence-electron chi connectivity index (χ2n) is 4.80. The zero-order chi connectivity index (χ0) is 14.4. The van der Waals surface area contributed by atoms with Crippen LogP contribution in [0, 0.1) is 5.82 Å². The van der Waals surface area contributed by atoms with Crippen molar-refractivity contribution in [2.75, 3.05) is 11.9 Å². The van der Waals surface area contributed by atoms with Crippen molar-refractivity contribution < 1.29 is 9.13 Å². The minimum absolute atomic E-state index is 0.142. The molecule has 1 N–H and O–H groups in total. The molecular weight excluding hydrogens is 253 g/mol. The van der Waals surface area contributed by atoms with Crippen molar-refractivity contribution in [1.29, 1.82) is 0 Å². The highest BCUT2D eigenvalue weighted by Crippen LogP contribution is 2.19. The average Bonchev–Trinajstić information content (AvgIpc) is 2.42. The Morgan fingerprint density at radius 2 is 1.95 bits per heavy atom. The maximum Gasteiger partial charge on any atom is 0.126 e. The van der Waals surface area contributed by atoms with E-state index in [1.165, 1.54) is 6.07 Å². The van der Waals surface area contributed by atoms with Gasteiger partial charge < -0.3 is 10.1 Å². The summed E-state index contributed by atoms with van der Waals surface area (Å²) in [7, 11) is 0. The summed E-state index contributed by atoms with van der Waals surface area (Å²) < 4.78 is 19.1. The number of hydrogen-bond donors (Lipinski definition) is 1. The van der Waals surface area contributed by atoms with Crippen molar-refractivity contribution in [2.45, 2.75) is 26.3 Å². The van der Waals surface area contributed by atoms with Crippen molar-refractivity contribution >= 4 is 5.69 Å². The summed E-state index contributed by atoms with van der Waals surface area (Å²) >= 11 is 0. The van der Waals surface area contributed by atoms with Gasteiger partial charge in [-0.25, -0.2) is 4.39 Å². The van der Waals surface area contributed by atoms with E-state index in [2.05, 4.69) is 5.32 Å². The van der Waals surface area contributed by atoms with Crippen molar-refractivity contribution in [1.82, 2.24) is 0 Å². The van der Waals surface area contributed by atoms with Gasteiger partial charge in [0.15, 0.2) is 0 Å². The van der Waals surface area contributed by atoms with E-state index in [4.69, 9.17) is 4.74 Å². The van der Waals surface area contributed by atoms with Crippen LogP contribution in [0.15, 0.2) is 48.5 Å². The molecule has 2 aromatic rings. The van der Waals surface area contributed by atoms with E-state index in [-0.39, 0.29) is 11.9 Å². The number of benzene rings is 2. The lowest BCUT2D eigenvalue weighted by atomic mass is 10.1. The molecule has 106 valence electrons. The Hall–Kier alpha value is -2.03. The molecule has 0 radical (unpaired) electrons. The first-order chi connectivity index (χ1) is 9.69. The van der Waals surface area contributed by atoms with Gasteiger partial charge in [-0.05, 0) is 44.0 Å². The molecule has 2 aromatic carbocycles. The Bertz CT molecular complexity index is 556. The van der Waals surface area contributed by atoms with Crippen LogP contribution in [-0.2, 0) is 6.42 Å². The number of nitrogens with one attached hydrogen (secondary N) is 1. The number of ether oxygens (including phenoxy) is 1. The van der Waals surface area contributed by atoms with Gasteiger partial charge in [-0.1, -0.05) is 24.3 Å². The van der Waals surface area contributed by atoms with E-state index in [0.29, 0.717) is 13.0 Å². The van der Waals surface area contributed by atoms with E-state index in [0.717, 1.165) is 17.0 Å². The highest BCUT2D eigenvalue weighted by Gasteiger charge is 2.07. The third-order valence-electron chi connectivity index (χ3n) is 3.04. The molecule has 0 aliphatic carbocycles. The van der Waals surface area contributed by atoms with Gasteiger partial charge >= 0.3 is 0 Å². The minimum Gasteiger partial charge on any atom is -0.494 e. The monoisotopic (exact) mass is 273 g/mol. The van der Waals surface area contributed by atoms with Crippen LogP contribution >= 0.6 is 0 Å². The molecule has 0 amide bonds. The van der Waals surface area contributed by atoms with Gasteiger partial charge in [-0.2, -0.15) is 0 Å². The molecule has 1 atom stereocenters. The van der Waals surface area contributed by atoms with Crippen molar-refractivity contribution in [3.63, 3.8) is 0 Å². The van der Waals surface area contributed by atoms with Gasteiger partial charge in [-0.15, -0.1) is 0 Å². The smallest absolute Gasteiger partial charge is 0.126 e. The molecule has 2 nitrogen and oxygen atoms in total. The molecule has 0 saturated heterocycles. The van der Waals surface area contributed by atoms with Crippen LogP contribution < -0.4 is 10.1 Å². The second kappa shape index (κ2) is 6.94. The fraction of sp³-hybridized carbons (Fsp3) is 0.294.